The molecule has 0 saturated carbocycles. The van der Waals surface area contributed by atoms with Gasteiger partial charge >= 0.3 is 0 Å². The van der Waals surface area contributed by atoms with Crippen LogP contribution in [0.3, 0.4) is 0 Å². The molecule has 0 aliphatic rings. The molecule has 3 heteroatoms. The molecule has 0 saturated heterocycles. The summed E-state index contributed by atoms with van der Waals surface area (Å²) in [5.74, 6) is 0. The van der Waals surface area contributed by atoms with Gasteiger partial charge in [0, 0.05) is 56.3 Å². The van der Waals surface area contributed by atoms with E-state index < -0.39 is 0 Å². The quantitative estimate of drug-likeness (QED) is 0.219. The Labute approximate surface area is 230 Å². The van der Waals surface area contributed by atoms with Gasteiger partial charge in [-0.2, -0.15) is 0 Å². The van der Waals surface area contributed by atoms with Crippen molar-refractivity contribution in [2.24, 2.45) is 7.05 Å². The Balaban J connectivity index is 1.30. The molecule has 0 amide bonds. The summed E-state index contributed by atoms with van der Waals surface area (Å²) in [5.41, 5.74) is 9.76. The Hall–Kier alpha value is -5.28. The highest BCUT2D eigenvalue weighted by Gasteiger charge is 2.16. The number of hydrogen-bond acceptors (Lipinski definition) is 0. The Morgan fingerprint density at radius 2 is 0.725 bits per heavy atom. The largest absolute Gasteiger partial charge is 0.344 e. The van der Waals surface area contributed by atoms with Crippen molar-refractivity contribution < 1.29 is 0 Å². The van der Waals surface area contributed by atoms with Crippen LogP contribution in [0.1, 0.15) is 0 Å². The summed E-state index contributed by atoms with van der Waals surface area (Å²) in [5, 5.41) is 7.67. The molecular formula is C37H25N3. The van der Waals surface area contributed by atoms with Crippen LogP contribution in [0.4, 0.5) is 0 Å². The van der Waals surface area contributed by atoms with Gasteiger partial charge in [-0.3, -0.25) is 0 Å². The van der Waals surface area contributed by atoms with E-state index in [1.54, 1.807) is 0 Å². The van der Waals surface area contributed by atoms with Gasteiger partial charge in [0.15, 0.2) is 0 Å². The van der Waals surface area contributed by atoms with Crippen molar-refractivity contribution in [3.05, 3.63) is 133 Å². The highest BCUT2D eigenvalue weighted by atomic mass is 15.0. The number of fused-ring (bicyclic) bond motifs is 9. The third-order valence-corrected chi connectivity index (χ3v) is 8.65. The van der Waals surface area contributed by atoms with E-state index in [-0.39, 0.29) is 0 Å². The third-order valence-electron chi connectivity index (χ3n) is 8.65. The number of aromatic nitrogens is 3. The molecule has 0 fully saturated rings. The van der Waals surface area contributed by atoms with Crippen molar-refractivity contribution in [2.75, 3.05) is 0 Å². The number of rotatable bonds is 2. The zero-order valence-corrected chi connectivity index (χ0v) is 22.0. The zero-order valence-electron chi connectivity index (χ0n) is 22.0. The van der Waals surface area contributed by atoms with E-state index in [0.717, 1.165) is 0 Å². The van der Waals surface area contributed by atoms with Crippen molar-refractivity contribution in [1.29, 1.82) is 0 Å². The summed E-state index contributed by atoms with van der Waals surface area (Å²) >= 11 is 0. The molecule has 3 aromatic heterocycles. The van der Waals surface area contributed by atoms with E-state index in [4.69, 9.17) is 0 Å². The predicted molar refractivity (Wildman–Crippen MR) is 169 cm³/mol. The summed E-state index contributed by atoms with van der Waals surface area (Å²) < 4.78 is 7.12. The summed E-state index contributed by atoms with van der Waals surface area (Å²) in [6.45, 7) is 0. The zero-order chi connectivity index (χ0) is 26.4. The maximum atomic E-state index is 2.40. The summed E-state index contributed by atoms with van der Waals surface area (Å²) in [6, 6.07) is 48.6. The first-order chi connectivity index (χ1) is 19.8. The van der Waals surface area contributed by atoms with Crippen LogP contribution in [0.2, 0.25) is 0 Å². The van der Waals surface area contributed by atoms with Gasteiger partial charge in [0.2, 0.25) is 0 Å². The minimum absolute atomic E-state index is 1.18. The van der Waals surface area contributed by atoms with Crippen LogP contribution < -0.4 is 0 Å². The average molecular weight is 512 g/mol. The van der Waals surface area contributed by atoms with E-state index in [1.807, 2.05) is 0 Å². The fourth-order valence-electron chi connectivity index (χ4n) is 6.87. The van der Waals surface area contributed by atoms with Gasteiger partial charge < -0.3 is 13.7 Å². The SMILES string of the molecule is Cn1c2ccc(-n3c4ccccc4c4ccccc43)cc2c2ccc(-n3c4ccccc4c4ccccc43)cc21. The number of para-hydroxylation sites is 4. The number of aryl methyl sites for hydroxylation is 1. The molecule has 3 heterocycles. The van der Waals surface area contributed by atoms with Crippen LogP contribution in [0.15, 0.2) is 133 Å². The lowest BCUT2D eigenvalue weighted by molar-refractivity contribution is 1.01. The van der Waals surface area contributed by atoms with Crippen LogP contribution in [0, 0.1) is 0 Å². The van der Waals surface area contributed by atoms with E-state index in [2.05, 4.69) is 154 Å². The number of benzene rings is 6. The smallest absolute Gasteiger partial charge is 0.0541 e. The third kappa shape index (κ3) is 2.79. The summed E-state index contributed by atoms with van der Waals surface area (Å²) in [7, 11) is 2.18. The minimum atomic E-state index is 1.18. The van der Waals surface area contributed by atoms with Gasteiger partial charge in [0.25, 0.3) is 0 Å². The second kappa shape index (κ2) is 7.87. The van der Waals surface area contributed by atoms with Crippen LogP contribution in [-0.2, 0) is 7.05 Å². The lowest BCUT2D eigenvalue weighted by atomic mass is 10.1. The Morgan fingerprint density at radius 1 is 0.325 bits per heavy atom. The molecule has 0 spiro atoms. The lowest BCUT2D eigenvalue weighted by Crippen LogP contribution is -1.95. The highest BCUT2D eigenvalue weighted by Crippen LogP contribution is 2.37. The molecule has 3 nitrogen and oxygen atoms in total. The topological polar surface area (TPSA) is 14.8 Å². The molecule has 9 aromatic rings. The molecular weight excluding hydrogens is 486 g/mol. The van der Waals surface area contributed by atoms with Crippen LogP contribution in [-0.4, -0.2) is 13.7 Å². The molecule has 9 rings (SSSR count). The standard InChI is InChI=1S/C37H25N3/c1-38-32-21-19-24(39-33-14-6-2-10-26(33)27-11-3-7-15-34(27)39)22-31(32)30-20-18-25(23-37(30)38)40-35-16-8-4-12-28(35)29-13-5-9-17-36(29)40/h2-23H,1H3. The molecule has 0 atom stereocenters. The molecule has 6 aromatic carbocycles. The molecule has 40 heavy (non-hydrogen) atoms. The first-order valence-corrected chi connectivity index (χ1v) is 13.8. The maximum Gasteiger partial charge on any atom is 0.0541 e. The van der Waals surface area contributed by atoms with Crippen molar-refractivity contribution in [3.8, 4) is 11.4 Å². The van der Waals surface area contributed by atoms with Gasteiger partial charge in [-0.1, -0.05) is 78.9 Å². The van der Waals surface area contributed by atoms with E-state index in [0.29, 0.717) is 0 Å². The molecule has 0 N–H and O–H groups in total. The van der Waals surface area contributed by atoms with Crippen LogP contribution in [0.5, 0.6) is 0 Å². The van der Waals surface area contributed by atoms with Gasteiger partial charge in [-0.25, -0.2) is 0 Å². The average Bonchev–Trinajstić information content (AvgIpc) is 3.63. The van der Waals surface area contributed by atoms with Gasteiger partial charge in [0.05, 0.1) is 27.6 Å². The first-order valence-electron chi connectivity index (χ1n) is 13.8. The predicted octanol–water partition coefficient (Wildman–Crippen LogP) is 9.53. The summed E-state index contributed by atoms with van der Waals surface area (Å²) in [6.07, 6.45) is 0. The molecule has 188 valence electrons. The molecule has 0 aliphatic carbocycles. The fraction of sp³-hybridized carbons (Fsp3) is 0.0270. The monoisotopic (exact) mass is 511 g/mol. The summed E-state index contributed by atoms with van der Waals surface area (Å²) in [4.78, 5) is 0. The van der Waals surface area contributed by atoms with Crippen LogP contribution in [0.25, 0.3) is 76.8 Å². The Morgan fingerprint density at radius 3 is 1.23 bits per heavy atom. The van der Waals surface area contributed by atoms with E-state index >= 15 is 0 Å². The highest BCUT2D eigenvalue weighted by molar-refractivity contribution is 6.13. The minimum Gasteiger partial charge on any atom is -0.344 e. The van der Waals surface area contributed by atoms with Crippen molar-refractivity contribution in [3.63, 3.8) is 0 Å². The second-order valence-corrected chi connectivity index (χ2v) is 10.7. The number of hydrogen-bond donors (Lipinski definition) is 0. The maximum absolute atomic E-state index is 2.40. The van der Waals surface area contributed by atoms with E-state index in [9.17, 15) is 0 Å². The van der Waals surface area contributed by atoms with Crippen LogP contribution >= 0.6 is 0 Å². The van der Waals surface area contributed by atoms with Gasteiger partial charge in [0.1, 0.15) is 0 Å². The Kier molecular flexibility index (Phi) is 4.26. The van der Waals surface area contributed by atoms with Gasteiger partial charge in [-0.05, 0) is 54.6 Å². The van der Waals surface area contributed by atoms with Crippen molar-refractivity contribution in [2.45, 2.75) is 0 Å². The van der Waals surface area contributed by atoms with Crippen molar-refractivity contribution in [1.82, 2.24) is 13.7 Å². The fourth-order valence-corrected chi connectivity index (χ4v) is 6.87. The molecule has 0 radical (unpaired) electrons. The lowest BCUT2D eigenvalue weighted by Gasteiger charge is -2.09. The molecule has 0 aliphatic heterocycles. The normalized spacial score (nSPS) is 12.1. The Bertz CT molecular complexity index is 2340. The number of nitrogens with zero attached hydrogens (tertiary/aromatic N) is 3. The molecule has 0 unspecified atom stereocenters. The first kappa shape index (κ1) is 21.6. The molecule has 0 bridgehead atoms. The van der Waals surface area contributed by atoms with E-state index in [1.165, 1.54) is 76.8 Å². The van der Waals surface area contributed by atoms with Crippen molar-refractivity contribution >= 4 is 65.4 Å². The second-order valence-electron chi connectivity index (χ2n) is 10.7. The van der Waals surface area contributed by atoms with Gasteiger partial charge in [-0.15, -0.1) is 0 Å².